The summed E-state index contributed by atoms with van der Waals surface area (Å²) in [5, 5.41) is 3.26. The highest BCUT2D eigenvalue weighted by Gasteiger charge is 2.30. The lowest BCUT2D eigenvalue weighted by Crippen LogP contribution is -2.09. The van der Waals surface area contributed by atoms with Crippen molar-refractivity contribution in [2.75, 3.05) is 5.32 Å². The molecule has 4 aromatic rings. The molecule has 0 aliphatic heterocycles. The van der Waals surface area contributed by atoms with Gasteiger partial charge in [-0.2, -0.15) is 13.2 Å². The van der Waals surface area contributed by atoms with Crippen molar-refractivity contribution >= 4 is 17.3 Å². The molecule has 2 heterocycles. The minimum absolute atomic E-state index is 0.00847. The molecule has 8 heteroatoms. The molecule has 1 atom stereocenters. The van der Waals surface area contributed by atoms with Crippen LogP contribution >= 0.6 is 11.3 Å². The summed E-state index contributed by atoms with van der Waals surface area (Å²) in [6.07, 6.45) is -2.79. The van der Waals surface area contributed by atoms with Gasteiger partial charge in [-0.1, -0.05) is 42.5 Å². The van der Waals surface area contributed by atoms with E-state index in [9.17, 15) is 13.2 Å². The number of hydrogen-bond acceptors (Lipinski definition) is 5. The van der Waals surface area contributed by atoms with Crippen LogP contribution in [0.15, 0.2) is 72.4 Å². The van der Waals surface area contributed by atoms with Crippen molar-refractivity contribution < 1.29 is 13.2 Å². The van der Waals surface area contributed by atoms with Crippen molar-refractivity contribution in [1.82, 2.24) is 15.0 Å². The predicted octanol–water partition coefficient (Wildman–Crippen LogP) is 6.46. The largest absolute Gasteiger partial charge is 0.416 e. The monoisotopic (exact) mass is 426 g/mol. The summed E-state index contributed by atoms with van der Waals surface area (Å²) in [6.45, 7) is 2.01. The van der Waals surface area contributed by atoms with Gasteiger partial charge in [0, 0.05) is 11.8 Å². The number of halogens is 3. The van der Waals surface area contributed by atoms with Gasteiger partial charge in [0.2, 0.25) is 5.95 Å². The molecule has 2 aromatic carbocycles. The summed E-state index contributed by atoms with van der Waals surface area (Å²) in [5.74, 6) is 0.437. The first-order chi connectivity index (χ1) is 14.4. The Kier molecular flexibility index (Phi) is 5.50. The van der Waals surface area contributed by atoms with Crippen molar-refractivity contribution in [3.05, 3.63) is 83.5 Å². The highest BCUT2D eigenvalue weighted by molar-refractivity contribution is 7.13. The van der Waals surface area contributed by atoms with Gasteiger partial charge in [-0.25, -0.2) is 15.0 Å². The van der Waals surface area contributed by atoms with E-state index in [0.29, 0.717) is 27.8 Å². The molecule has 0 radical (unpaired) electrons. The molecule has 0 saturated heterocycles. The summed E-state index contributed by atoms with van der Waals surface area (Å²) >= 11 is 1.32. The van der Waals surface area contributed by atoms with Gasteiger partial charge >= 0.3 is 6.18 Å². The molecular formula is C22H17F3N4S. The van der Waals surface area contributed by atoms with Crippen molar-refractivity contribution in [3.8, 4) is 21.8 Å². The van der Waals surface area contributed by atoms with Crippen LogP contribution in [-0.4, -0.2) is 15.0 Å². The van der Waals surface area contributed by atoms with E-state index in [0.717, 1.165) is 17.7 Å². The number of thiazole rings is 1. The normalized spacial score (nSPS) is 12.5. The van der Waals surface area contributed by atoms with Crippen LogP contribution < -0.4 is 5.32 Å². The van der Waals surface area contributed by atoms with Crippen LogP contribution in [0.5, 0.6) is 0 Å². The lowest BCUT2D eigenvalue weighted by atomic mass is 10.1. The summed E-state index contributed by atoms with van der Waals surface area (Å²) in [6, 6.07) is 16.8. The lowest BCUT2D eigenvalue weighted by molar-refractivity contribution is -0.137. The standard InChI is InChI=1S/C22H17F3N4S/c1-14(15-6-3-2-4-7-15)28-21-26-11-10-18(29-21)20-19(27-13-30-20)16-8-5-9-17(12-16)22(23,24)25/h2-14H,1H3,(H,26,28,29). The Morgan fingerprint density at radius 3 is 2.53 bits per heavy atom. The molecule has 0 fully saturated rings. The second-order valence-corrected chi connectivity index (χ2v) is 7.51. The first kappa shape index (κ1) is 20.0. The van der Waals surface area contributed by atoms with Crippen LogP contribution in [0.1, 0.15) is 24.1 Å². The molecule has 0 aliphatic rings. The predicted molar refractivity (Wildman–Crippen MR) is 112 cm³/mol. The van der Waals surface area contributed by atoms with E-state index in [1.54, 1.807) is 23.8 Å². The molecule has 4 nitrogen and oxygen atoms in total. The fraction of sp³-hybridized carbons (Fsp3) is 0.136. The molecule has 30 heavy (non-hydrogen) atoms. The Morgan fingerprint density at radius 1 is 0.967 bits per heavy atom. The molecule has 4 rings (SSSR count). The van der Waals surface area contributed by atoms with Gasteiger partial charge in [0.1, 0.15) is 0 Å². The summed E-state index contributed by atoms with van der Waals surface area (Å²) in [7, 11) is 0. The Bertz CT molecular complexity index is 1140. The third kappa shape index (κ3) is 4.33. The van der Waals surface area contributed by atoms with Crippen molar-refractivity contribution in [2.45, 2.75) is 19.1 Å². The summed E-state index contributed by atoms with van der Waals surface area (Å²) in [4.78, 5) is 13.8. The van der Waals surface area contributed by atoms with E-state index in [1.165, 1.54) is 17.4 Å². The Balaban J connectivity index is 1.64. The van der Waals surface area contributed by atoms with Crippen LogP contribution in [0.4, 0.5) is 19.1 Å². The van der Waals surface area contributed by atoms with E-state index in [-0.39, 0.29) is 6.04 Å². The average molecular weight is 426 g/mol. The summed E-state index contributed by atoms with van der Waals surface area (Å²) in [5.41, 5.74) is 3.45. The zero-order valence-corrected chi connectivity index (χ0v) is 16.7. The number of nitrogens with one attached hydrogen (secondary N) is 1. The maximum atomic E-state index is 13.1. The van der Waals surface area contributed by atoms with Crippen LogP contribution in [0.3, 0.4) is 0 Å². The highest BCUT2D eigenvalue weighted by atomic mass is 32.1. The molecule has 152 valence electrons. The van der Waals surface area contributed by atoms with Gasteiger partial charge in [-0.3, -0.25) is 0 Å². The smallest absolute Gasteiger partial charge is 0.348 e. The molecule has 0 bridgehead atoms. The lowest BCUT2D eigenvalue weighted by Gasteiger charge is -2.14. The van der Waals surface area contributed by atoms with Gasteiger partial charge in [0.05, 0.1) is 33.4 Å². The fourth-order valence-corrected chi connectivity index (χ4v) is 3.83. The van der Waals surface area contributed by atoms with Gasteiger partial charge in [-0.15, -0.1) is 11.3 Å². The maximum Gasteiger partial charge on any atom is 0.416 e. The van der Waals surface area contributed by atoms with Crippen LogP contribution in [-0.2, 0) is 6.18 Å². The zero-order chi connectivity index (χ0) is 21.1. The molecule has 0 aliphatic carbocycles. The molecule has 0 spiro atoms. The minimum atomic E-state index is -4.41. The third-order valence-corrected chi connectivity index (χ3v) is 5.41. The molecule has 1 N–H and O–H groups in total. The van der Waals surface area contributed by atoms with Crippen molar-refractivity contribution in [1.29, 1.82) is 0 Å². The number of nitrogens with zero attached hydrogens (tertiary/aromatic N) is 3. The molecular weight excluding hydrogens is 409 g/mol. The number of benzene rings is 2. The Labute approximate surface area is 175 Å². The molecule has 0 amide bonds. The van der Waals surface area contributed by atoms with E-state index in [1.807, 2.05) is 37.3 Å². The molecule has 0 saturated carbocycles. The first-order valence-corrected chi connectivity index (χ1v) is 10.1. The Morgan fingerprint density at radius 2 is 1.77 bits per heavy atom. The van der Waals surface area contributed by atoms with Gasteiger partial charge in [-0.05, 0) is 30.7 Å². The molecule has 2 aromatic heterocycles. The topological polar surface area (TPSA) is 50.7 Å². The van der Waals surface area contributed by atoms with Crippen molar-refractivity contribution in [3.63, 3.8) is 0 Å². The zero-order valence-electron chi connectivity index (χ0n) is 15.9. The maximum absolute atomic E-state index is 13.1. The van der Waals surface area contributed by atoms with Crippen LogP contribution in [0.25, 0.3) is 21.8 Å². The van der Waals surface area contributed by atoms with Gasteiger partial charge < -0.3 is 5.32 Å². The van der Waals surface area contributed by atoms with Crippen molar-refractivity contribution in [2.24, 2.45) is 0 Å². The van der Waals surface area contributed by atoms with Crippen LogP contribution in [0.2, 0.25) is 0 Å². The number of rotatable bonds is 5. The van der Waals surface area contributed by atoms with E-state index < -0.39 is 11.7 Å². The fourth-order valence-electron chi connectivity index (χ4n) is 3.05. The number of hydrogen-bond donors (Lipinski definition) is 1. The first-order valence-electron chi connectivity index (χ1n) is 9.18. The molecule has 1 unspecified atom stereocenters. The highest BCUT2D eigenvalue weighted by Crippen LogP contribution is 2.37. The third-order valence-electron chi connectivity index (χ3n) is 4.56. The number of anilines is 1. The van der Waals surface area contributed by atoms with Gasteiger partial charge in [0.15, 0.2) is 0 Å². The second kappa shape index (κ2) is 8.23. The average Bonchev–Trinajstić information content (AvgIpc) is 3.24. The second-order valence-electron chi connectivity index (χ2n) is 6.65. The number of alkyl halides is 3. The van der Waals surface area contributed by atoms with E-state index in [2.05, 4.69) is 20.3 Å². The SMILES string of the molecule is CC(Nc1nccc(-c2scnc2-c2cccc(C(F)(F)F)c2)n1)c1ccccc1. The van der Waals surface area contributed by atoms with Gasteiger partial charge in [0.25, 0.3) is 0 Å². The number of aromatic nitrogens is 3. The Hall–Kier alpha value is -3.26. The summed E-state index contributed by atoms with van der Waals surface area (Å²) < 4.78 is 39.3. The van der Waals surface area contributed by atoms with E-state index >= 15 is 0 Å². The minimum Gasteiger partial charge on any atom is -0.348 e. The van der Waals surface area contributed by atoms with Crippen LogP contribution in [0, 0.1) is 0 Å². The quantitative estimate of drug-likeness (QED) is 0.398. The van der Waals surface area contributed by atoms with E-state index in [4.69, 9.17) is 0 Å².